The zero-order valence-electron chi connectivity index (χ0n) is 15.8. The lowest BCUT2D eigenvalue weighted by Crippen LogP contribution is -2.57. The van der Waals surface area contributed by atoms with Gasteiger partial charge in [-0.25, -0.2) is 9.97 Å². The molecule has 0 radical (unpaired) electrons. The largest absolute Gasteiger partial charge is 0.497 e. The quantitative estimate of drug-likeness (QED) is 0.851. The summed E-state index contributed by atoms with van der Waals surface area (Å²) in [6.45, 7) is 2.94. The molecule has 2 aliphatic rings. The number of nitrogens with one attached hydrogen (secondary N) is 1. The third kappa shape index (κ3) is 3.35. The molecule has 2 saturated carbocycles. The number of nitrogens with zero attached hydrogens (tertiary/aromatic N) is 2. The summed E-state index contributed by atoms with van der Waals surface area (Å²) >= 11 is 0. The Balaban J connectivity index is 1.47. The summed E-state index contributed by atoms with van der Waals surface area (Å²) in [5, 5.41) is 3.84. The van der Waals surface area contributed by atoms with E-state index in [4.69, 9.17) is 4.74 Å². The van der Waals surface area contributed by atoms with E-state index in [1.165, 1.54) is 36.8 Å². The van der Waals surface area contributed by atoms with E-state index in [0.717, 1.165) is 36.4 Å². The lowest BCUT2D eigenvalue weighted by atomic mass is 9.53. The van der Waals surface area contributed by atoms with Gasteiger partial charge in [-0.3, -0.25) is 0 Å². The van der Waals surface area contributed by atoms with Crippen molar-refractivity contribution in [3.8, 4) is 5.75 Å². The summed E-state index contributed by atoms with van der Waals surface area (Å²) < 4.78 is 5.33. The number of aryl methyl sites for hydroxylation is 1. The third-order valence-electron chi connectivity index (χ3n) is 6.30. The van der Waals surface area contributed by atoms with Crippen molar-refractivity contribution < 1.29 is 4.74 Å². The van der Waals surface area contributed by atoms with Crippen LogP contribution in [0.25, 0.3) is 0 Å². The molecule has 1 aromatic carbocycles. The second-order valence-corrected chi connectivity index (χ2v) is 7.68. The first kappa shape index (κ1) is 17.5. The number of benzene rings is 1. The highest BCUT2D eigenvalue weighted by molar-refractivity contribution is 5.33. The fourth-order valence-corrected chi connectivity index (χ4v) is 4.92. The van der Waals surface area contributed by atoms with Crippen LogP contribution in [-0.2, 0) is 13.0 Å². The topological polar surface area (TPSA) is 47.0 Å². The molecule has 138 valence electrons. The van der Waals surface area contributed by atoms with Crippen molar-refractivity contribution in [3.63, 3.8) is 0 Å². The number of ether oxygens (including phenoxy) is 1. The number of methoxy groups -OCH3 is 1. The average Bonchev–Trinajstić information content (AvgIpc) is 2.70. The first-order valence-corrected chi connectivity index (χ1v) is 9.97. The van der Waals surface area contributed by atoms with E-state index in [1.54, 1.807) is 7.11 Å². The van der Waals surface area contributed by atoms with Crippen LogP contribution in [-0.4, -0.2) is 23.1 Å². The van der Waals surface area contributed by atoms with Gasteiger partial charge in [0.15, 0.2) is 0 Å². The molecule has 26 heavy (non-hydrogen) atoms. The molecule has 1 N–H and O–H groups in total. The van der Waals surface area contributed by atoms with E-state index < -0.39 is 0 Å². The highest BCUT2D eigenvalue weighted by atomic mass is 16.5. The Kier molecular flexibility index (Phi) is 5.21. The summed E-state index contributed by atoms with van der Waals surface area (Å²) in [6, 6.07) is 9.25. The zero-order chi connectivity index (χ0) is 17.9. The van der Waals surface area contributed by atoms with Crippen LogP contribution in [0.5, 0.6) is 5.75 Å². The van der Waals surface area contributed by atoms with E-state index in [2.05, 4.69) is 46.5 Å². The van der Waals surface area contributed by atoms with Gasteiger partial charge in [-0.1, -0.05) is 31.9 Å². The van der Waals surface area contributed by atoms with Gasteiger partial charge in [0.2, 0.25) is 0 Å². The standard InChI is InChI=1S/C22H29N3O/c1-3-20-23-12-15(13-24-20)14-25-22-19-7-5-4-6-18(19)21(22)16-8-10-17(26-2)11-9-16/h8-13,18-19,21-22,25H,3-7,14H2,1-2H3/t18-,19-,21+,22+/m1/s1. The van der Waals surface area contributed by atoms with E-state index in [9.17, 15) is 0 Å². The second-order valence-electron chi connectivity index (χ2n) is 7.68. The Morgan fingerprint density at radius 1 is 1.04 bits per heavy atom. The summed E-state index contributed by atoms with van der Waals surface area (Å²) in [5.74, 6) is 4.11. The van der Waals surface area contributed by atoms with E-state index in [0.29, 0.717) is 12.0 Å². The van der Waals surface area contributed by atoms with Crippen molar-refractivity contribution in [1.29, 1.82) is 0 Å². The molecule has 4 heteroatoms. The molecule has 0 bridgehead atoms. The fourth-order valence-electron chi connectivity index (χ4n) is 4.92. The Labute approximate surface area is 156 Å². The van der Waals surface area contributed by atoms with Crippen molar-refractivity contribution in [3.05, 3.63) is 53.6 Å². The summed E-state index contributed by atoms with van der Waals surface area (Å²) in [7, 11) is 1.73. The van der Waals surface area contributed by atoms with Crippen molar-refractivity contribution in [2.24, 2.45) is 11.8 Å². The maximum atomic E-state index is 5.33. The van der Waals surface area contributed by atoms with Crippen molar-refractivity contribution in [2.75, 3.05) is 7.11 Å². The van der Waals surface area contributed by atoms with Crippen LogP contribution >= 0.6 is 0 Å². The molecule has 1 aromatic heterocycles. The van der Waals surface area contributed by atoms with Gasteiger partial charge < -0.3 is 10.1 Å². The molecule has 0 amide bonds. The van der Waals surface area contributed by atoms with Crippen molar-refractivity contribution in [2.45, 2.75) is 57.5 Å². The third-order valence-corrected chi connectivity index (χ3v) is 6.30. The minimum Gasteiger partial charge on any atom is -0.497 e. The van der Waals surface area contributed by atoms with E-state index in [1.807, 2.05) is 12.4 Å². The van der Waals surface area contributed by atoms with Gasteiger partial charge in [-0.2, -0.15) is 0 Å². The van der Waals surface area contributed by atoms with Crippen LogP contribution in [0.4, 0.5) is 0 Å². The Bertz CT molecular complexity index is 713. The van der Waals surface area contributed by atoms with Gasteiger partial charge >= 0.3 is 0 Å². The molecule has 0 unspecified atom stereocenters. The Hall–Kier alpha value is -1.94. The molecule has 2 fully saturated rings. The minimum absolute atomic E-state index is 0.555. The smallest absolute Gasteiger partial charge is 0.127 e. The molecular formula is C22H29N3O. The number of aromatic nitrogens is 2. The minimum atomic E-state index is 0.555. The number of rotatable bonds is 6. The summed E-state index contributed by atoms with van der Waals surface area (Å²) in [6.07, 6.45) is 10.3. The SMILES string of the molecule is CCc1ncc(CN[C@H]2[C@@H]3CCCC[C@H]3[C@@H]2c2ccc(OC)cc2)cn1. The lowest BCUT2D eigenvalue weighted by Gasteiger charge is -2.55. The van der Waals surface area contributed by atoms with Crippen molar-refractivity contribution >= 4 is 0 Å². The lowest BCUT2D eigenvalue weighted by molar-refractivity contribution is 0.0253. The first-order chi connectivity index (χ1) is 12.8. The first-order valence-electron chi connectivity index (χ1n) is 9.97. The van der Waals surface area contributed by atoms with Crippen LogP contribution in [0, 0.1) is 11.8 Å². The predicted octanol–water partition coefficient (Wildman–Crippen LogP) is 4.11. The normalized spacial score (nSPS) is 27.5. The highest BCUT2D eigenvalue weighted by Gasteiger charge is 2.50. The van der Waals surface area contributed by atoms with Gasteiger partial charge in [-0.05, 0) is 42.4 Å². The van der Waals surface area contributed by atoms with Gasteiger partial charge in [0, 0.05) is 42.9 Å². The zero-order valence-corrected chi connectivity index (χ0v) is 15.8. The molecule has 2 aromatic rings. The number of hydrogen-bond donors (Lipinski definition) is 1. The average molecular weight is 351 g/mol. The van der Waals surface area contributed by atoms with Crippen LogP contribution in [0.1, 0.15) is 55.5 Å². The van der Waals surface area contributed by atoms with Gasteiger partial charge in [-0.15, -0.1) is 0 Å². The molecule has 4 atom stereocenters. The van der Waals surface area contributed by atoms with Crippen LogP contribution in [0.2, 0.25) is 0 Å². The van der Waals surface area contributed by atoms with E-state index >= 15 is 0 Å². The van der Waals surface area contributed by atoms with Gasteiger partial charge in [0.05, 0.1) is 7.11 Å². The molecule has 2 aliphatic carbocycles. The summed E-state index contributed by atoms with van der Waals surface area (Å²) in [4.78, 5) is 8.86. The Morgan fingerprint density at radius 2 is 1.73 bits per heavy atom. The molecular weight excluding hydrogens is 322 g/mol. The highest BCUT2D eigenvalue weighted by Crippen LogP contribution is 2.54. The molecule has 1 heterocycles. The molecule has 4 rings (SSSR count). The molecule has 0 saturated heterocycles. The Morgan fingerprint density at radius 3 is 2.38 bits per heavy atom. The molecule has 0 aliphatic heterocycles. The van der Waals surface area contributed by atoms with Crippen molar-refractivity contribution in [1.82, 2.24) is 15.3 Å². The fraction of sp³-hybridized carbons (Fsp3) is 0.545. The van der Waals surface area contributed by atoms with Crippen LogP contribution < -0.4 is 10.1 Å². The van der Waals surface area contributed by atoms with Gasteiger partial charge in [0.25, 0.3) is 0 Å². The van der Waals surface area contributed by atoms with Crippen LogP contribution in [0.15, 0.2) is 36.7 Å². The van der Waals surface area contributed by atoms with Gasteiger partial charge in [0.1, 0.15) is 11.6 Å². The number of hydrogen-bond acceptors (Lipinski definition) is 4. The number of fused-ring (bicyclic) bond motifs is 1. The monoisotopic (exact) mass is 351 g/mol. The molecule has 4 nitrogen and oxygen atoms in total. The molecule has 0 spiro atoms. The maximum Gasteiger partial charge on any atom is 0.127 e. The van der Waals surface area contributed by atoms with E-state index in [-0.39, 0.29) is 0 Å². The maximum absolute atomic E-state index is 5.33. The van der Waals surface area contributed by atoms with Crippen LogP contribution in [0.3, 0.4) is 0 Å². The second kappa shape index (κ2) is 7.75. The predicted molar refractivity (Wildman–Crippen MR) is 103 cm³/mol. The summed E-state index contributed by atoms with van der Waals surface area (Å²) in [5.41, 5.74) is 2.62.